The fraction of sp³-hybridized carbons (Fsp3) is 0.364. The zero-order valence-corrected chi connectivity index (χ0v) is 9.88. The van der Waals surface area contributed by atoms with E-state index in [1.165, 1.54) is 0 Å². The van der Waals surface area contributed by atoms with Crippen molar-refractivity contribution in [2.24, 2.45) is 7.05 Å². The molecule has 6 heteroatoms. The van der Waals surface area contributed by atoms with E-state index in [4.69, 9.17) is 0 Å². The lowest BCUT2D eigenvalue weighted by atomic mass is 10.3. The van der Waals surface area contributed by atoms with Crippen molar-refractivity contribution in [3.05, 3.63) is 35.7 Å². The number of aromatic hydroxyl groups is 1. The van der Waals surface area contributed by atoms with E-state index in [0.717, 1.165) is 11.5 Å². The molecule has 0 spiro atoms. The average Bonchev–Trinajstić information content (AvgIpc) is 2.70. The molecule has 0 aliphatic heterocycles. The Balaban J connectivity index is 1.94. The van der Waals surface area contributed by atoms with E-state index in [1.807, 2.05) is 18.5 Å². The molecule has 0 amide bonds. The summed E-state index contributed by atoms with van der Waals surface area (Å²) in [4.78, 5) is 4.26. The van der Waals surface area contributed by atoms with Crippen molar-refractivity contribution in [1.29, 1.82) is 0 Å². The number of nitrogens with zero attached hydrogens (tertiary/aromatic N) is 4. The largest absolute Gasteiger partial charge is 0.506 e. The van der Waals surface area contributed by atoms with Crippen LogP contribution in [0.5, 0.6) is 5.75 Å². The molecule has 0 aliphatic rings. The van der Waals surface area contributed by atoms with E-state index in [2.05, 4.69) is 20.5 Å². The highest BCUT2D eigenvalue weighted by Gasteiger charge is 2.04. The number of nitrogens with one attached hydrogen (secondary N) is 1. The van der Waals surface area contributed by atoms with Gasteiger partial charge in [0.05, 0.1) is 12.2 Å². The summed E-state index contributed by atoms with van der Waals surface area (Å²) in [6, 6.07) is 3.43. The van der Waals surface area contributed by atoms with Gasteiger partial charge in [0.2, 0.25) is 0 Å². The Bertz CT molecular complexity index is 508. The molecule has 17 heavy (non-hydrogen) atoms. The van der Waals surface area contributed by atoms with E-state index in [9.17, 15) is 5.11 Å². The minimum absolute atomic E-state index is 0.209. The number of aryl methyl sites for hydroxylation is 2. The van der Waals surface area contributed by atoms with Gasteiger partial charge in [-0.05, 0) is 19.1 Å². The molecule has 0 aliphatic carbocycles. The first kappa shape index (κ1) is 11.5. The smallest absolute Gasteiger partial charge is 0.146 e. The zero-order valence-electron chi connectivity index (χ0n) is 9.88. The van der Waals surface area contributed by atoms with Gasteiger partial charge < -0.3 is 15.0 Å². The maximum Gasteiger partial charge on any atom is 0.146 e. The van der Waals surface area contributed by atoms with Gasteiger partial charge in [0, 0.05) is 19.3 Å². The summed E-state index contributed by atoms with van der Waals surface area (Å²) in [7, 11) is 1.89. The highest BCUT2D eigenvalue weighted by Crippen LogP contribution is 2.14. The van der Waals surface area contributed by atoms with Crippen LogP contribution in [-0.2, 0) is 20.1 Å². The molecule has 0 unspecified atom stereocenters. The van der Waals surface area contributed by atoms with Gasteiger partial charge in [-0.1, -0.05) is 0 Å². The molecule has 0 radical (unpaired) electrons. The Kier molecular flexibility index (Phi) is 3.34. The van der Waals surface area contributed by atoms with Gasteiger partial charge >= 0.3 is 0 Å². The summed E-state index contributed by atoms with van der Waals surface area (Å²) >= 11 is 0. The molecule has 0 saturated carbocycles. The van der Waals surface area contributed by atoms with Crippen LogP contribution in [0.4, 0.5) is 0 Å². The topological polar surface area (TPSA) is 75.9 Å². The zero-order chi connectivity index (χ0) is 12.3. The molecule has 2 N–H and O–H groups in total. The van der Waals surface area contributed by atoms with Gasteiger partial charge in [0.25, 0.3) is 0 Å². The van der Waals surface area contributed by atoms with Crippen LogP contribution in [0.3, 0.4) is 0 Å². The fourth-order valence-electron chi connectivity index (χ4n) is 1.49. The molecule has 90 valence electrons. The molecule has 0 bridgehead atoms. The predicted octanol–water partition coefficient (Wildman–Crippen LogP) is 0.514. The summed E-state index contributed by atoms with van der Waals surface area (Å²) in [6.45, 7) is 2.98. The summed E-state index contributed by atoms with van der Waals surface area (Å²) < 4.78 is 1.84. The third-order valence-electron chi connectivity index (χ3n) is 2.47. The fourth-order valence-corrected chi connectivity index (χ4v) is 1.49. The van der Waals surface area contributed by atoms with E-state index in [1.54, 1.807) is 18.5 Å². The van der Waals surface area contributed by atoms with Crippen LogP contribution in [0, 0.1) is 6.92 Å². The Morgan fingerprint density at radius 3 is 2.88 bits per heavy atom. The molecule has 2 aromatic rings. The van der Waals surface area contributed by atoms with Crippen molar-refractivity contribution in [3.8, 4) is 5.75 Å². The van der Waals surface area contributed by atoms with Crippen LogP contribution >= 0.6 is 0 Å². The number of aromatic nitrogens is 4. The summed E-state index contributed by atoms with van der Waals surface area (Å²) in [5, 5.41) is 20.5. The van der Waals surface area contributed by atoms with Gasteiger partial charge in [0.15, 0.2) is 0 Å². The van der Waals surface area contributed by atoms with Crippen LogP contribution in [-0.4, -0.2) is 24.9 Å². The normalized spacial score (nSPS) is 10.7. The Hall–Kier alpha value is -1.95. The van der Waals surface area contributed by atoms with Crippen LogP contribution in [0.25, 0.3) is 0 Å². The second kappa shape index (κ2) is 4.92. The lowest BCUT2D eigenvalue weighted by Crippen LogP contribution is -2.16. The van der Waals surface area contributed by atoms with Gasteiger partial charge in [-0.25, -0.2) is 0 Å². The van der Waals surface area contributed by atoms with Crippen molar-refractivity contribution in [3.63, 3.8) is 0 Å². The molecule has 6 nitrogen and oxygen atoms in total. The van der Waals surface area contributed by atoms with E-state index in [0.29, 0.717) is 18.8 Å². The van der Waals surface area contributed by atoms with Crippen molar-refractivity contribution < 1.29 is 5.11 Å². The van der Waals surface area contributed by atoms with Gasteiger partial charge in [-0.2, -0.15) is 0 Å². The molecule has 0 aromatic carbocycles. The summed E-state index contributed by atoms with van der Waals surface area (Å²) in [5.41, 5.74) is 1.53. The van der Waals surface area contributed by atoms with Crippen molar-refractivity contribution in [2.75, 3.05) is 0 Å². The lowest BCUT2D eigenvalue weighted by Gasteiger charge is -2.06. The molecular formula is C11H15N5O. The second-order valence-electron chi connectivity index (χ2n) is 3.88. The third-order valence-corrected chi connectivity index (χ3v) is 2.47. The number of hydrogen-bond donors (Lipinski definition) is 2. The molecule has 2 aromatic heterocycles. The molecule has 0 saturated heterocycles. The van der Waals surface area contributed by atoms with Gasteiger partial charge in [0.1, 0.15) is 17.9 Å². The van der Waals surface area contributed by atoms with E-state index < -0.39 is 0 Å². The van der Waals surface area contributed by atoms with E-state index >= 15 is 0 Å². The highest BCUT2D eigenvalue weighted by atomic mass is 16.3. The van der Waals surface area contributed by atoms with Crippen molar-refractivity contribution in [2.45, 2.75) is 20.0 Å². The molecule has 0 fully saturated rings. The monoisotopic (exact) mass is 233 g/mol. The third kappa shape index (κ3) is 2.79. The number of rotatable bonds is 4. The first-order valence-corrected chi connectivity index (χ1v) is 5.36. The van der Waals surface area contributed by atoms with E-state index in [-0.39, 0.29) is 5.75 Å². The Labute approximate surface area is 99.3 Å². The molecular weight excluding hydrogens is 218 g/mol. The number of pyridine rings is 1. The highest BCUT2D eigenvalue weighted by molar-refractivity contribution is 5.27. The Morgan fingerprint density at radius 2 is 2.18 bits per heavy atom. The van der Waals surface area contributed by atoms with Crippen molar-refractivity contribution >= 4 is 0 Å². The molecule has 2 rings (SSSR count). The SMILES string of the molecule is Cc1ccc(O)c(CNCc2nncn2C)n1. The summed E-state index contributed by atoms with van der Waals surface area (Å²) in [6.07, 6.45) is 1.65. The first-order valence-electron chi connectivity index (χ1n) is 5.36. The Morgan fingerprint density at radius 1 is 1.35 bits per heavy atom. The van der Waals surface area contributed by atoms with Crippen LogP contribution < -0.4 is 5.32 Å². The molecule has 0 atom stereocenters. The number of hydrogen-bond acceptors (Lipinski definition) is 5. The van der Waals surface area contributed by atoms with Crippen LogP contribution in [0.2, 0.25) is 0 Å². The lowest BCUT2D eigenvalue weighted by molar-refractivity contribution is 0.458. The minimum atomic E-state index is 0.209. The molecule has 2 heterocycles. The van der Waals surface area contributed by atoms with Crippen molar-refractivity contribution in [1.82, 2.24) is 25.1 Å². The standard InChI is InChI=1S/C11H15N5O/c1-8-3-4-10(17)9(14-8)5-12-6-11-15-13-7-16(11)2/h3-4,7,12,17H,5-6H2,1-2H3. The van der Waals surface area contributed by atoms with Crippen LogP contribution in [0.1, 0.15) is 17.2 Å². The average molecular weight is 233 g/mol. The first-order chi connectivity index (χ1) is 8.16. The maximum atomic E-state index is 9.61. The quantitative estimate of drug-likeness (QED) is 0.805. The van der Waals surface area contributed by atoms with Gasteiger partial charge in [-0.15, -0.1) is 10.2 Å². The van der Waals surface area contributed by atoms with Gasteiger partial charge in [-0.3, -0.25) is 4.98 Å². The minimum Gasteiger partial charge on any atom is -0.506 e. The van der Waals surface area contributed by atoms with Crippen LogP contribution in [0.15, 0.2) is 18.5 Å². The predicted molar refractivity (Wildman–Crippen MR) is 62.2 cm³/mol. The summed E-state index contributed by atoms with van der Waals surface area (Å²) in [5.74, 6) is 1.05. The second-order valence-corrected chi connectivity index (χ2v) is 3.88. The maximum absolute atomic E-state index is 9.61.